The first-order valence-corrected chi connectivity index (χ1v) is 10.5. The van der Waals surface area contributed by atoms with Crippen molar-refractivity contribution in [1.82, 2.24) is 5.48 Å². The van der Waals surface area contributed by atoms with Crippen molar-refractivity contribution in [3.8, 4) is 5.75 Å². The lowest BCUT2D eigenvalue weighted by Gasteiger charge is -2.28. The molecule has 0 bridgehead atoms. The van der Waals surface area contributed by atoms with Crippen LogP contribution in [0.15, 0.2) is 65.2 Å². The molecule has 9 heteroatoms. The summed E-state index contributed by atoms with van der Waals surface area (Å²) in [6.07, 6.45) is 1.34. The van der Waals surface area contributed by atoms with E-state index in [-0.39, 0.29) is 5.75 Å². The predicted molar refractivity (Wildman–Crippen MR) is 119 cm³/mol. The normalized spacial score (nSPS) is 12.9. The highest BCUT2D eigenvalue weighted by molar-refractivity contribution is 9.10. The van der Waals surface area contributed by atoms with E-state index in [4.69, 9.17) is 14.7 Å². The number of benzene rings is 2. The minimum atomic E-state index is -0.916. The van der Waals surface area contributed by atoms with Crippen LogP contribution in [-0.2, 0) is 14.3 Å². The third-order valence-corrected chi connectivity index (χ3v) is 4.76. The topological polar surface area (TPSA) is 117 Å². The highest BCUT2D eigenvalue weighted by Crippen LogP contribution is 2.35. The number of ether oxygens (including phenoxy) is 2. The van der Waals surface area contributed by atoms with E-state index in [1.54, 1.807) is 42.5 Å². The highest BCUT2D eigenvalue weighted by atomic mass is 79.9. The molecule has 2 aromatic carbocycles. The van der Waals surface area contributed by atoms with Gasteiger partial charge >= 0.3 is 6.09 Å². The molecule has 0 aliphatic carbocycles. The minimum absolute atomic E-state index is 0.0411. The number of hydrogen-bond acceptors (Lipinski definition) is 6. The molecule has 2 rings (SSSR count). The maximum absolute atomic E-state index is 12.6. The summed E-state index contributed by atoms with van der Waals surface area (Å²) in [6.45, 7) is 2.16. The van der Waals surface area contributed by atoms with Crippen LogP contribution in [0.2, 0.25) is 0 Å². The van der Waals surface area contributed by atoms with Crippen LogP contribution in [0.3, 0.4) is 0 Å². The number of carbonyl (C=O) groups excluding carboxylic acids is 2. The van der Waals surface area contributed by atoms with Crippen molar-refractivity contribution in [1.29, 1.82) is 0 Å². The standard InChI is InChI=1S/C22H25BrN2O6/c1-2-30-19(10-6-7-11-20(27)25-29)21(17-14-15(23)12-13-18(17)26)31-22(28)24-16-8-4-3-5-9-16/h3-5,7-9,11-14,19,21,26,29H,2,6,10H2,1H3,(H,24,28)(H,25,27)/b11-7+/t19-,21-/m1/s1. The molecule has 31 heavy (non-hydrogen) atoms. The summed E-state index contributed by atoms with van der Waals surface area (Å²) < 4.78 is 12.2. The largest absolute Gasteiger partial charge is 0.508 e. The zero-order valence-corrected chi connectivity index (χ0v) is 18.5. The van der Waals surface area contributed by atoms with Gasteiger partial charge in [-0.25, -0.2) is 10.3 Å². The molecule has 4 N–H and O–H groups in total. The quantitative estimate of drug-likeness (QED) is 0.217. The van der Waals surface area contributed by atoms with Gasteiger partial charge in [0, 0.05) is 28.4 Å². The van der Waals surface area contributed by atoms with Crippen LogP contribution in [-0.4, -0.2) is 35.0 Å². The zero-order chi connectivity index (χ0) is 22.6. The van der Waals surface area contributed by atoms with Crippen LogP contribution >= 0.6 is 15.9 Å². The van der Waals surface area contributed by atoms with Crippen molar-refractivity contribution in [2.24, 2.45) is 0 Å². The molecule has 0 saturated carbocycles. The van der Waals surface area contributed by atoms with Crippen molar-refractivity contribution >= 4 is 33.6 Å². The predicted octanol–water partition coefficient (Wildman–Crippen LogP) is 4.69. The SMILES string of the molecule is CCO[C@H](CC/C=C/C(=O)NO)[C@H](OC(=O)Nc1ccccc1)c1cc(Br)ccc1O. The van der Waals surface area contributed by atoms with E-state index in [1.165, 1.54) is 17.6 Å². The number of phenolic OH excluding ortho intramolecular Hbond substituents is 1. The second kappa shape index (κ2) is 12.7. The number of para-hydroxylation sites is 1. The smallest absolute Gasteiger partial charge is 0.412 e. The molecule has 0 aliphatic rings. The lowest BCUT2D eigenvalue weighted by atomic mass is 9.99. The molecule has 2 atom stereocenters. The van der Waals surface area contributed by atoms with E-state index in [9.17, 15) is 14.7 Å². The van der Waals surface area contributed by atoms with E-state index in [0.29, 0.717) is 35.2 Å². The molecule has 0 heterocycles. The third kappa shape index (κ3) is 8.05. The molecule has 0 fully saturated rings. The van der Waals surface area contributed by atoms with Crippen molar-refractivity contribution in [3.63, 3.8) is 0 Å². The molecule has 8 nitrogen and oxygen atoms in total. The van der Waals surface area contributed by atoms with Crippen LogP contribution < -0.4 is 10.8 Å². The van der Waals surface area contributed by atoms with Gasteiger partial charge in [0.15, 0.2) is 6.10 Å². The number of aromatic hydroxyl groups is 1. The number of halogens is 1. The van der Waals surface area contributed by atoms with Gasteiger partial charge in [0.1, 0.15) is 5.75 Å². The molecule has 2 amide bonds. The molecular weight excluding hydrogens is 468 g/mol. The van der Waals surface area contributed by atoms with Crippen LogP contribution in [0.25, 0.3) is 0 Å². The number of phenols is 1. The van der Waals surface area contributed by atoms with Crippen LogP contribution in [0.4, 0.5) is 10.5 Å². The van der Waals surface area contributed by atoms with Crippen molar-refractivity contribution in [2.75, 3.05) is 11.9 Å². The molecular formula is C22H25BrN2O6. The fourth-order valence-electron chi connectivity index (χ4n) is 2.90. The monoisotopic (exact) mass is 492 g/mol. The van der Waals surface area contributed by atoms with E-state index < -0.39 is 24.2 Å². The van der Waals surface area contributed by atoms with Gasteiger partial charge in [0.05, 0.1) is 6.10 Å². The fourth-order valence-corrected chi connectivity index (χ4v) is 3.28. The fraction of sp³-hybridized carbons (Fsp3) is 0.273. The average Bonchev–Trinajstić information content (AvgIpc) is 2.76. The summed E-state index contributed by atoms with van der Waals surface area (Å²) >= 11 is 3.37. The van der Waals surface area contributed by atoms with Gasteiger partial charge in [-0.2, -0.15) is 0 Å². The maximum atomic E-state index is 12.6. The van der Waals surface area contributed by atoms with Gasteiger partial charge in [0.2, 0.25) is 0 Å². The Kier molecular flexibility index (Phi) is 10.0. The van der Waals surface area contributed by atoms with Crippen molar-refractivity contribution in [2.45, 2.75) is 32.0 Å². The first-order valence-electron chi connectivity index (χ1n) is 9.67. The average molecular weight is 493 g/mol. The molecule has 0 saturated heterocycles. The Bertz CT molecular complexity index is 891. The molecule has 0 unspecified atom stereocenters. The molecule has 166 valence electrons. The second-order valence-corrected chi connectivity index (χ2v) is 7.39. The summed E-state index contributed by atoms with van der Waals surface area (Å²) in [4.78, 5) is 23.7. The Hall–Kier alpha value is -2.88. The van der Waals surface area contributed by atoms with Crippen LogP contribution in [0.5, 0.6) is 5.75 Å². The van der Waals surface area contributed by atoms with E-state index in [2.05, 4.69) is 21.2 Å². The highest BCUT2D eigenvalue weighted by Gasteiger charge is 2.30. The molecule has 2 aromatic rings. The van der Waals surface area contributed by atoms with Crippen molar-refractivity contribution in [3.05, 3.63) is 70.7 Å². The van der Waals surface area contributed by atoms with Gasteiger partial charge in [-0.3, -0.25) is 15.3 Å². The molecule has 0 spiro atoms. The maximum Gasteiger partial charge on any atom is 0.412 e. The van der Waals surface area contributed by atoms with Crippen molar-refractivity contribution < 1.29 is 29.4 Å². The summed E-state index contributed by atoms with van der Waals surface area (Å²) in [5.74, 6) is -0.687. The minimum Gasteiger partial charge on any atom is -0.508 e. The number of carbonyl (C=O) groups is 2. The Labute approximate surface area is 189 Å². The Morgan fingerprint density at radius 2 is 1.94 bits per heavy atom. The lowest BCUT2D eigenvalue weighted by Crippen LogP contribution is -2.29. The first kappa shape index (κ1) is 24.4. The summed E-state index contributed by atoms with van der Waals surface area (Å²) in [6, 6.07) is 13.7. The third-order valence-electron chi connectivity index (χ3n) is 4.27. The molecule has 0 aliphatic heterocycles. The first-order chi connectivity index (χ1) is 14.9. The number of anilines is 1. The molecule has 0 radical (unpaired) electrons. The number of nitrogens with one attached hydrogen (secondary N) is 2. The summed E-state index contributed by atoms with van der Waals surface area (Å²) in [5, 5.41) is 21.6. The Morgan fingerprint density at radius 3 is 2.61 bits per heavy atom. The van der Waals surface area contributed by atoms with Gasteiger partial charge in [-0.15, -0.1) is 0 Å². The van der Waals surface area contributed by atoms with Gasteiger partial charge < -0.3 is 14.6 Å². The van der Waals surface area contributed by atoms with E-state index in [0.717, 1.165) is 0 Å². The van der Waals surface area contributed by atoms with E-state index >= 15 is 0 Å². The summed E-state index contributed by atoms with van der Waals surface area (Å²) in [5.41, 5.74) is 2.46. The number of amides is 2. The van der Waals surface area contributed by atoms with Crippen LogP contribution in [0, 0.1) is 0 Å². The Morgan fingerprint density at radius 1 is 1.19 bits per heavy atom. The zero-order valence-electron chi connectivity index (χ0n) is 17.0. The number of allylic oxidation sites excluding steroid dienone is 1. The van der Waals surface area contributed by atoms with Gasteiger partial charge in [-0.1, -0.05) is 40.2 Å². The molecule has 0 aromatic heterocycles. The summed E-state index contributed by atoms with van der Waals surface area (Å²) in [7, 11) is 0. The van der Waals surface area contributed by atoms with Gasteiger partial charge in [-0.05, 0) is 50.1 Å². The number of hydrogen-bond donors (Lipinski definition) is 4. The second-order valence-electron chi connectivity index (χ2n) is 6.47. The number of rotatable bonds is 10. The van der Waals surface area contributed by atoms with Crippen LogP contribution in [0.1, 0.15) is 31.4 Å². The number of hydroxylamine groups is 1. The Balaban J connectivity index is 2.25. The van der Waals surface area contributed by atoms with E-state index in [1.807, 2.05) is 13.0 Å². The lowest BCUT2D eigenvalue weighted by molar-refractivity contribution is -0.124. The van der Waals surface area contributed by atoms with Gasteiger partial charge in [0.25, 0.3) is 5.91 Å².